The Morgan fingerprint density at radius 3 is 2.84 bits per heavy atom. The number of pyridine rings is 1. The third kappa shape index (κ3) is 2.61. The van der Waals surface area contributed by atoms with Crippen LogP contribution in [0.4, 0.5) is 5.82 Å². The fraction of sp³-hybridized carbons (Fsp3) is 0.286. The van der Waals surface area contributed by atoms with Crippen molar-refractivity contribution in [1.82, 2.24) is 10.3 Å². The fourth-order valence-corrected chi connectivity index (χ4v) is 2.88. The van der Waals surface area contributed by atoms with E-state index in [-0.39, 0.29) is 11.9 Å². The predicted molar refractivity (Wildman–Crippen MR) is 76.8 cm³/mol. The highest BCUT2D eigenvalue weighted by Gasteiger charge is 2.29. The quantitative estimate of drug-likeness (QED) is 0.931. The highest BCUT2D eigenvalue weighted by Crippen LogP contribution is 2.19. The van der Waals surface area contributed by atoms with Crippen molar-refractivity contribution in [2.24, 2.45) is 0 Å². The van der Waals surface area contributed by atoms with Crippen LogP contribution in [0.5, 0.6) is 0 Å². The van der Waals surface area contributed by atoms with Crippen LogP contribution in [0.25, 0.3) is 0 Å². The molecule has 5 heteroatoms. The van der Waals surface area contributed by atoms with Crippen LogP contribution in [0.1, 0.15) is 14.5 Å². The lowest BCUT2D eigenvalue weighted by Crippen LogP contribution is -2.59. The minimum atomic E-state index is 0.0313. The molecule has 19 heavy (non-hydrogen) atoms. The van der Waals surface area contributed by atoms with E-state index in [1.54, 1.807) is 6.20 Å². The zero-order chi connectivity index (χ0) is 13.2. The second-order valence-corrected chi connectivity index (χ2v) is 5.96. The van der Waals surface area contributed by atoms with Gasteiger partial charge in [0.15, 0.2) is 0 Å². The van der Waals surface area contributed by atoms with Crippen molar-refractivity contribution in [3.63, 3.8) is 0 Å². The summed E-state index contributed by atoms with van der Waals surface area (Å²) >= 11 is 1.53. The Morgan fingerprint density at radius 2 is 2.21 bits per heavy atom. The zero-order valence-corrected chi connectivity index (χ0v) is 11.5. The molecule has 1 aliphatic heterocycles. The number of hydrogen-bond acceptors (Lipinski definition) is 4. The van der Waals surface area contributed by atoms with Gasteiger partial charge in [-0.25, -0.2) is 4.98 Å². The number of thiophene rings is 1. The van der Waals surface area contributed by atoms with Gasteiger partial charge in [0.1, 0.15) is 5.82 Å². The zero-order valence-electron chi connectivity index (χ0n) is 10.7. The predicted octanol–water partition coefficient (Wildman–Crippen LogP) is 2.07. The molecule has 0 unspecified atom stereocenters. The lowest BCUT2D eigenvalue weighted by Gasteiger charge is -2.40. The van der Waals surface area contributed by atoms with E-state index in [4.69, 9.17) is 0 Å². The van der Waals surface area contributed by atoms with Crippen LogP contribution >= 0.6 is 11.3 Å². The van der Waals surface area contributed by atoms with E-state index in [1.807, 2.05) is 37.3 Å². The minimum Gasteiger partial charge on any atom is -0.352 e. The molecule has 1 aliphatic rings. The first-order valence-corrected chi connectivity index (χ1v) is 7.07. The number of carbonyl (C=O) groups is 1. The number of rotatable bonds is 3. The van der Waals surface area contributed by atoms with Crippen LogP contribution in [0.3, 0.4) is 0 Å². The van der Waals surface area contributed by atoms with Gasteiger partial charge >= 0.3 is 0 Å². The van der Waals surface area contributed by atoms with Crippen LogP contribution in [0.15, 0.2) is 36.5 Å². The third-order valence-electron chi connectivity index (χ3n) is 3.15. The molecule has 1 N–H and O–H groups in total. The summed E-state index contributed by atoms with van der Waals surface area (Å²) in [4.78, 5) is 20.4. The van der Waals surface area contributed by atoms with E-state index in [2.05, 4.69) is 15.2 Å². The van der Waals surface area contributed by atoms with Crippen LogP contribution in [0.2, 0.25) is 0 Å². The number of carbonyl (C=O) groups excluding carboxylic acids is 1. The molecule has 0 spiro atoms. The molecule has 4 nitrogen and oxygen atoms in total. The number of hydrogen-bond donors (Lipinski definition) is 1. The van der Waals surface area contributed by atoms with Crippen molar-refractivity contribution in [3.8, 4) is 0 Å². The molecule has 2 aromatic heterocycles. The van der Waals surface area contributed by atoms with Crippen LogP contribution in [0, 0.1) is 6.92 Å². The summed E-state index contributed by atoms with van der Waals surface area (Å²) in [5.41, 5.74) is 0. The van der Waals surface area contributed by atoms with E-state index < -0.39 is 0 Å². The Labute approximate surface area is 116 Å². The van der Waals surface area contributed by atoms with Gasteiger partial charge in [-0.3, -0.25) is 4.79 Å². The van der Waals surface area contributed by atoms with E-state index in [1.165, 1.54) is 11.3 Å². The highest BCUT2D eigenvalue weighted by atomic mass is 32.1. The molecule has 3 rings (SSSR count). The molecule has 3 heterocycles. The molecule has 0 bridgehead atoms. The maximum absolute atomic E-state index is 12.0. The van der Waals surface area contributed by atoms with E-state index in [0.29, 0.717) is 0 Å². The van der Waals surface area contributed by atoms with Gasteiger partial charge in [-0.2, -0.15) is 0 Å². The fourth-order valence-electron chi connectivity index (χ4n) is 2.11. The van der Waals surface area contributed by atoms with Crippen molar-refractivity contribution in [2.45, 2.75) is 13.0 Å². The number of anilines is 1. The highest BCUT2D eigenvalue weighted by molar-refractivity contribution is 7.13. The van der Waals surface area contributed by atoms with Gasteiger partial charge in [0, 0.05) is 24.2 Å². The van der Waals surface area contributed by atoms with Crippen molar-refractivity contribution in [2.75, 3.05) is 18.0 Å². The average Bonchev–Trinajstić information content (AvgIpc) is 2.81. The minimum absolute atomic E-state index is 0.0313. The maximum Gasteiger partial charge on any atom is 0.261 e. The molecule has 0 saturated carbocycles. The van der Waals surface area contributed by atoms with Crippen molar-refractivity contribution in [3.05, 3.63) is 46.3 Å². The second-order valence-electron chi connectivity index (χ2n) is 4.67. The Morgan fingerprint density at radius 1 is 1.37 bits per heavy atom. The van der Waals surface area contributed by atoms with Gasteiger partial charge in [0.2, 0.25) is 0 Å². The first-order chi connectivity index (χ1) is 9.22. The number of nitrogens with one attached hydrogen (secondary N) is 1. The van der Waals surface area contributed by atoms with Crippen LogP contribution < -0.4 is 10.2 Å². The summed E-state index contributed by atoms with van der Waals surface area (Å²) in [6, 6.07) is 9.94. The lowest BCUT2D eigenvalue weighted by atomic mass is 10.1. The molecular formula is C14H15N3OS. The Bertz CT molecular complexity index is 575. The summed E-state index contributed by atoms with van der Waals surface area (Å²) in [6.45, 7) is 3.66. The van der Waals surface area contributed by atoms with Gasteiger partial charge in [0.05, 0.1) is 10.9 Å². The smallest absolute Gasteiger partial charge is 0.261 e. The molecular weight excluding hydrogens is 258 g/mol. The summed E-state index contributed by atoms with van der Waals surface area (Å²) in [6.07, 6.45) is 1.79. The maximum atomic E-state index is 12.0. The number of aromatic nitrogens is 1. The Balaban J connectivity index is 1.53. The molecule has 2 aromatic rings. The Hall–Kier alpha value is -1.88. The number of amides is 1. The second kappa shape index (κ2) is 5.01. The van der Waals surface area contributed by atoms with Crippen LogP contribution in [-0.4, -0.2) is 30.0 Å². The molecule has 0 radical (unpaired) electrons. The largest absolute Gasteiger partial charge is 0.352 e. The topological polar surface area (TPSA) is 45.2 Å². The van der Waals surface area contributed by atoms with Crippen molar-refractivity contribution in [1.29, 1.82) is 0 Å². The Kier molecular flexibility index (Phi) is 3.21. The van der Waals surface area contributed by atoms with E-state index in [0.717, 1.165) is 28.7 Å². The standard InChI is InChI=1S/C14H15N3OS/c1-10-5-6-12(19-10)14(18)16-11-8-17(9-11)13-4-2-3-7-15-13/h2-7,11H,8-9H2,1H3,(H,16,18). The SMILES string of the molecule is Cc1ccc(C(=O)NC2CN(c3ccccn3)C2)s1. The van der Waals surface area contributed by atoms with Gasteiger partial charge in [-0.05, 0) is 31.2 Å². The monoisotopic (exact) mass is 273 g/mol. The molecule has 0 atom stereocenters. The molecule has 1 saturated heterocycles. The number of aryl methyl sites for hydroxylation is 1. The first-order valence-electron chi connectivity index (χ1n) is 6.25. The third-order valence-corrected chi connectivity index (χ3v) is 4.15. The van der Waals surface area contributed by atoms with Gasteiger partial charge < -0.3 is 10.2 Å². The van der Waals surface area contributed by atoms with Gasteiger partial charge in [0.25, 0.3) is 5.91 Å². The van der Waals surface area contributed by atoms with Gasteiger partial charge in [-0.1, -0.05) is 6.07 Å². The molecule has 0 aromatic carbocycles. The summed E-state index contributed by atoms with van der Waals surface area (Å²) < 4.78 is 0. The van der Waals surface area contributed by atoms with Crippen LogP contribution in [-0.2, 0) is 0 Å². The summed E-state index contributed by atoms with van der Waals surface area (Å²) in [5, 5.41) is 3.05. The molecule has 98 valence electrons. The van der Waals surface area contributed by atoms with Crippen molar-refractivity contribution < 1.29 is 4.79 Å². The summed E-state index contributed by atoms with van der Waals surface area (Å²) in [5.74, 6) is 1.00. The van der Waals surface area contributed by atoms with Crippen molar-refractivity contribution >= 4 is 23.1 Å². The normalized spacial score (nSPS) is 15.1. The van der Waals surface area contributed by atoms with E-state index >= 15 is 0 Å². The lowest BCUT2D eigenvalue weighted by molar-refractivity contribution is 0.0934. The molecule has 1 amide bonds. The number of nitrogens with zero attached hydrogens (tertiary/aromatic N) is 2. The molecule has 1 fully saturated rings. The average molecular weight is 273 g/mol. The van der Waals surface area contributed by atoms with Gasteiger partial charge in [-0.15, -0.1) is 11.3 Å². The summed E-state index contributed by atoms with van der Waals surface area (Å²) in [7, 11) is 0. The van der Waals surface area contributed by atoms with E-state index in [9.17, 15) is 4.79 Å². The molecule has 0 aliphatic carbocycles. The first kappa shape index (κ1) is 12.2.